The van der Waals surface area contributed by atoms with Crippen molar-refractivity contribution in [3.8, 4) is 5.75 Å². The lowest BCUT2D eigenvalue weighted by Gasteiger charge is -2.16. The number of hydrogen-bond acceptors (Lipinski definition) is 5. The van der Waals surface area contributed by atoms with Crippen LogP contribution in [-0.2, 0) is 4.79 Å². The Labute approximate surface area is 165 Å². The molecule has 2 rings (SSSR count). The maximum absolute atomic E-state index is 12.3. The van der Waals surface area contributed by atoms with Crippen molar-refractivity contribution < 1.29 is 27.9 Å². The van der Waals surface area contributed by atoms with Crippen LogP contribution in [0.5, 0.6) is 5.75 Å². The van der Waals surface area contributed by atoms with Gasteiger partial charge < -0.3 is 26.0 Å². The highest BCUT2D eigenvalue weighted by molar-refractivity contribution is 6.05. The van der Waals surface area contributed by atoms with Crippen LogP contribution in [0.2, 0.25) is 0 Å². The lowest BCUT2D eigenvalue weighted by Crippen LogP contribution is -2.33. The van der Waals surface area contributed by atoms with Crippen LogP contribution in [0.25, 0.3) is 0 Å². The number of nitrogens with two attached hydrogens (primary N) is 1. The van der Waals surface area contributed by atoms with Gasteiger partial charge in [-0.1, -0.05) is 6.07 Å². The number of ether oxygens (including phenoxy) is 1. The Hall–Kier alpha value is -3.69. The van der Waals surface area contributed by atoms with Gasteiger partial charge in [-0.3, -0.25) is 14.4 Å². The van der Waals surface area contributed by atoms with Crippen molar-refractivity contribution in [1.82, 2.24) is 5.32 Å². The fourth-order valence-corrected chi connectivity index (χ4v) is 2.39. The van der Waals surface area contributed by atoms with Crippen LogP contribution in [-0.4, -0.2) is 45.0 Å². The second-order valence-electron chi connectivity index (χ2n) is 6.13. The van der Waals surface area contributed by atoms with Crippen LogP contribution in [0, 0.1) is 0 Å². The Morgan fingerprint density at radius 2 is 1.86 bits per heavy atom. The molecule has 0 saturated carbocycles. The zero-order valence-electron chi connectivity index (χ0n) is 15.7. The number of anilines is 2. The molecule has 2 aromatic rings. The molecule has 8 nitrogen and oxygen atoms in total. The van der Waals surface area contributed by atoms with Gasteiger partial charge in [-0.05, 0) is 36.4 Å². The summed E-state index contributed by atoms with van der Waals surface area (Å²) in [5, 5.41) is 4.86. The van der Waals surface area contributed by atoms with Gasteiger partial charge in [-0.2, -0.15) is 8.78 Å². The van der Waals surface area contributed by atoms with E-state index in [1.54, 1.807) is 25.1 Å². The highest BCUT2D eigenvalue weighted by Crippen LogP contribution is 2.22. The molecule has 10 heteroatoms. The zero-order chi connectivity index (χ0) is 21.6. The molecule has 0 bridgehead atoms. The molecule has 0 saturated heterocycles. The Bertz CT molecular complexity index is 919. The standard InChI is InChI=1S/C19H20F2N4O4/c1-25(2)12-6-7-15(14(9-12)17(22)27)24-16(26)10-23-18(28)11-4-3-5-13(8-11)29-19(20)21/h3-9,19H,10H2,1-2H3,(H2,22,27)(H,23,28)(H,24,26). The molecule has 0 aliphatic carbocycles. The fourth-order valence-electron chi connectivity index (χ4n) is 2.39. The van der Waals surface area contributed by atoms with E-state index in [0.717, 1.165) is 11.8 Å². The topological polar surface area (TPSA) is 114 Å². The van der Waals surface area contributed by atoms with E-state index in [-0.39, 0.29) is 22.6 Å². The van der Waals surface area contributed by atoms with Crippen molar-refractivity contribution in [3.05, 3.63) is 53.6 Å². The number of halogens is 2. The van der Waals surface area contributed by atoms with E-state index in [2.05, 4.69) is 15.4 Å². The average molecular weight is 406 g/mol. The molecule has 0 aliphatic rings. The predicted molar refractivity (Wildman–Crippen MR) is 103 cm³/mol. The van der Waals surface area contributed by atoms with Crippen LogP contribution in [0.3, 0.4) is 0 Å². The summed E-state index contributed by atoms with van der Waals surface area (Å²) in [7, 11) is 3.57. The number of benzene rings is 2. The lowest BCUT2D eigenvalue weighted by molar-refractivity contribution is -0.115. The van der Waals surface area contributed by atoms with E-state index in [1.807, 2.05) is 0 Å². The molecule has 0 fully saturated rings. The summed E-state index contributed by atoms with van der Waals surface area (Å²) in [4.78, 5) is 37.7. The van der Waals surface area contributed by atoms with Gasteiger partial charge in [0.25, 0.3) is 11.8 Å². The second kappa shape index (κ2) is 9.49. The van der Waals surface area contributed by atoms with Gasteiger partial charge in [0, 0.05) is 25.3 Å². The van der Waals surface area contributed by atoms with Crippen molar-refractivity contribution in [2.24, 2.45) is 5.73 Å². The maximum Gasteiger partial charge on any atom is 0.387 e. The Morgan fingerprint density at radius 3 is 2.48 bits per heavy atom. The van der Waals surface area contributed by atoms with Crippen LogP contribution in [0.1, 0.15) is 20.7 Å². The molecule has 29 heavy (non-hydrogen) atoms. The van der Waals surface area contributed by atoms with E-state index >= 15 is 0 Å². The average Bonchev–Trinajstić information content (AvgIpc) is 2.65. The Morgan fingerprint density at radius 1 is 1.14 bits per heavy atom. The molecule has 0 radical (unpaired) electrons. The predicted octanol–water partition coefficient (Wildman–Crippen LogP) is 1.82. The highest BCUT2D eigenvalue weighted by atomic mass is 19.3. The number of alkyl halides is 2. The minimum Gasteiger partial charge on any atom is -0.435 e. The van der Waals surface area contributed by atoms with Crippen molar-refractivity contribution in [1.29, 1.82) is 0 Å². The number of nitrogens with zero attached hydrogens (tertiary/aromatic N) is 1. The molecule has 2 aromatic carbocycles. The summed E-state index contributed by atoms with van der Waals surface area (Å²) >= 11 is 0. The minimum absolute atomic E-state index is 0.0455. The van der Waals surface area contributed by atoms with Gasteiger partial charge in [0.1, 0.15) is 5.75 Å². The Kier molecular flexibility index (Phi) is 7.07. The Balaban J connectivity index is 2.01. The zero-order valence-corrected chi connectivity index (χ0v) is 15.7. The molecule has 0 heterocycles. The summed E-state index contributed by atoms with van der Waals surface area (Å²) in [5.41, 5.74) is 6.45. The quantitative estimate of drug-likeness (QED) is 0.619. The van der Waals surface area contributed by atoms with Gasteiger partial charge in [-0.25, -0.2) is 0 Å². The van der Waals surface area contributed by atoms with E-state index in [0.29, 0.717) is 0 Å². The van der Waals surface area contributed by atoms with Crippen molar-refractivity contribution >= 4 is 29.1 Å². The van der Waals surface area contributed by atoms with Crippen LogP contribution in [0.4, 0.5) is 20.2 Å². The van der Waals surface area contributed by atoms with Gasteiger partial charge in [-0.15, -0.1) is 0 Å². The lowest BCUT2D eigenvalue weighted by atomic mass is 10.1. The van der Waals surface area contributed by atoms with Crippen molar-refractivity contribution in [2.45, 2.75) is 6.61 Å². The second-order valence-corrected chi connectivity index (χ2v) is 6.13. The van der Waals surface area contributed by atoms with Crippen molar-refractivity contribution in [2.75, 3.05) is 30.9 Å². The number of carbonyl (C=O) groups excluding carboxylic acids is 3. The van der Waals surface area contributed by atoms with Gasteiger partial charge in [0.2, 0.25) is 5.91 Å². The van der Waals surface area contributed by atoms with Crippen molar-refractivity contribution in [3.63, 3.8) is 0 Å². The molecule has 3 amide bonds. The van der Waals surface area contributed by atoms with Crippen LogP contribution < -0.4 is 26.0 Å². The first-order valence-electron chi connectivity index (χ1n) is 8.41. The number of primary amides is 1. The van der Waals surface area contributed by atoms with Gasteiger partial charge in [0.05, 0.1) is 17.8 Å². The molecule has 0 aromatic heterocycles. The van der Waals surface area contributed by atoms with E-state index in [4.69, 9.17) is 5.73 Å². The third-order valence-electron chi connectivity index (χ3n) is 3.79. The van der Waals surface area contributed by atoms with Crippen LogP contribution >= 0.6 is 0 Å². The summed E-state index contributed by atoms with van der Waals surface area (Å²) in [5.74, 6) is -2.15. The first kappa shape index (κ1) is 21.6. The van der Waals surface area contributed by atoms with E-state index in [9.17, 15) is 23.2 Å². The molecule has 0 spiro atoms. The number of amides is 3. The number of hydrogen-bond donors (Lipinski definition) is 3. The van der Waals surface area contributed by atoms with Gasteiger partial charge >= 0.3 is 6.61 Å². The molecule has 0 atom stereocenters. The summed E-state index contributed by atoms with van der Waals surface area (Å²) in [6.45, 7) is -3.43. The first-order chi connectivity index (χ1) is 13.7. The molecule has 4 N–H and O–H groups in total. The largest absolute Gasteiger partial charge is 0.435 e. The summed E-state index contributed by atoms with van der Waals surface area (Å²) < 4.78 is 28.8. The number of carbonyl (C=O) groups is 3. The fraction of sp³-hybridized carbons (Fsp3) is 0.211. The molecule has 0 unspecified atom stereocenters. The van der Waals surface area contributed by atoms with E-state index in [1.165, 1.54) is 30.3 Å². The maximum atomic E-state index is 12.3. The van der Waals surface area contributed by atoms with E-state index < -0.39 is 30.9 Å². The summed E-state index contributed by atoms with van der Waals surface area (Å²) in [6.07, 6.45) is 0. The minimum atomic E-state index is -3.02. The monoisotopic (exact) mass is 406 g/mol. The van der Waals surface area contributed by atoms with Gasteiger partial charge in [0.15, 0.2) is 0 Å². The third-order valence-corrected chi connectivity index (χ3v) is 3.79. The molecular weight excluding hydrogens is 386 g/mol. The number of rotatable bonds is 8. The smallest absolute Gasteiger partial charge is 0.387 e. The van der Waals surface area contributed by atoms with Crippen LogP contribution in [0.15, 0.2) is 42.5 Å². The normalized spacial score (nSPS) is 10.4. The summed E-state index contributed by atoms with van der Waals surface area (Å²) in [6, 6.07) is 9.91. The number of nitrogens with one attached hydrogen (secondary N) is 2. The molecular formula is C19H20F2N4O4. The highest BCUT2D eigenvalue weighted by Gasteiger charge is 2.14. The molecule has 154 valence electrons. The first-order valence-corrected chi connectivity index (χ1v) is 8.41. The SMILES string of the molecule is CN(C)c1ccc(NC(=O)CNC(=O)c2cccc(OC(F)F)c2)c(C(N)=O)c1. The third kappa shape index (κ3) is 6.16. The molecule has 0 aliphatic heterocycles.